The highest BCUT2D eigenvalue weighted by Crippen LogP contribution is 2.47. The van der Waals surface area contributed by atoms with Crippen molar-refractivity contribution in [3.8, 4) is 0 Å². The highest BCUT2D eigenvalue weighted by atomic mass is 16.5. The second kappa shape index (κ2) is 11.9. The lowest BCUT2D eigenvalue weighted by Crippen LogP contribution is -2.46. The number of hydrogen-bond acceptors (Lipinski definition) is 6. The van der Waals surface area contributed by atoms with Crippen molar-refractivity contribution in [2.45, 2.75) is 91.8 Å². The lowest BCUT2D eigenvalue weighted by Gasteiger charge is -2.44. The van der Waals surface area contributed by atoms with E-state index in [0.29, 0.717) is 12.0 Å². The molecule has 2 aliphatic carbocycles. The monoisotopic (exact) mass is 466 g/mol. The number of carbonyl (C=O) groups excluding carboxylic acids is 1. The number of carboxylic acid groups (broad SMARTS) is 1. The highest BCUT2D eigenvalue weighted by Gasteiger charge is 2.47. The average Bonchev–Trinajstić information content (AvgIpc) is 2.70. The molecule has 188 valence electrons. The van der Waals surface area contributed by atoms with Gasteiger partial charge in [-0.1, -0.05) is 53.9 Å². The molecule has 0 saturated heterocycles. The number of rotatable bonds is 11. The summed E-state index contributed by atoms with van der Waals surface area (Å²) in [5.41, 5.74) is 0.462. The van der Waals surface area contributed by atoms with Crippen molar-refractivity contribution >= 4 is 11.9 Å². The van der Waals surface area contributed by atoms with E-state index in [1.54, 1.807) is 0 Å². The number of aliphatic hydroxyl groups excluding tert-OH is 3. The highest BCUT2D eigenvalue weighted by molar-refractivity contribution is 5.73. The normalized spacial score (nSPS) is 27.7. The summed E-state index contributed by atoms with van der Waals surface area (Å²) >= 11 is 0. The maximum absolute atomic E-state index is 13.1. The largest absolute Gasteiger partial charge is 0.512 e. The van der Waals surface area contributed by atoms with Gasteiger partial charge in [0, 0.05) is 30.3 Å². The lowest BCUT2D eigenvalue weighted by atomic mass is 9.65. The first-order valence-electron chi connectivity index (χ1n) is 12.4. The lowest BCUT2D eigenvalue weighted by molar-refractivity contribution is -0.164. The predicted octanol–water partition coefficient (Wildman–Crippen LogP) is 5.15. The molecule has 0 aromatic rings. The third-order valence-electron chi connectivity index (χ3n) is 7.35. The molecule has 0 aromatic heterocycles. The Hall–Kier alpha value is -2.02. The van der Waals surface area contributed by atoms with E-state index >= 15 is 0 Å². The van der Waals surface area contributed by atoms with Gasteiger partial charge >= 0.3 is 11.9 Å². The number of fused-ring (bicyclic) bond motifs is 1. The summed E-state index contributed by atoms with van der Waals surface area (Å²) in [6.07, 6.45) is 4.01. The summed E-state index contributed by atoms with van der Waals surface area (Å²) in [6, 6.07) is 0. The van der Waals surface area contributed by atoms with Crippen LogP contribution < -0.4 is 0 Å². The molecule has 7 nitrogen and oxygen atoms in total. The van der Waals surface area contributed by atoms with E-state index in [1.807, 2.05) is 34.6 Å². The number of aliphatic hydroxyl groups is 3. The zero-order valence-electron chi connectivity index (χ0n) is 20.7. The second-order valence-corrected chi connectivity index (χ2v) is 10.5. The number of aliphatic carboxylic acids is 1. The molecule has 0 fully saturated rings. The van der Waals surface area contributed by atoms with Gasteiger partial charge in [0.25, 0.3) is 0 Å². The van der Waals surface area contributed by atoms with Crippen molar-refractivity contribution in [2.24, 2.45) is 35.5 Å². The Kier molecular flexibility index (Phi) is 9.83. The van der Waals surface area contributed by atoms with Crippen molar-refractivity contribution in [3.63, 3.8) is 0 Å². The van der Waals surface area contributed by atoms with Gasteiger partial charge in [0.15, 0.2) is 0 Å². The molecular formula is C26H42O7. The molecule has 0 saturated carbocycles. The molecule has 33 heavy (non-hydrogen) atoms. The molecule has 0 radical (unpaired) electrons. The van der Waals surface area contributed by atoms with Gasteiger partial charge in [-0.3, -0.25) is 9.59 Å². The molecule has 0 bridgehead atoms. The zero-order chi connectivity index (χ0) is 24.9. The van der Waals surface area contributed by atoms with Gasteiger partial charge in [0.05, 0.1) is 11.7 Å². The molecule has 0 aliphatic heterocycles. The molecule has 2 rings (SSSR count). The SMILES string of the molecule is CC(C)C(C(=O)OC1CC(O)C(O)=C2C=C(O)C(C)C(CCCCCCC(=O)O)C21)C(C)C. The number of hydrogen-bond donors (Lipinski definition) is 4. The number of ether oxygens (including phenoxy) is 1. The van der Waals surface area contributed by atoms with E-state index in [-0.39, 0.29) is 65.8 Å². The fourth-order valence-corrected chi connectivity index (χ4v) is 5.64. The van der Waals surface area contributed by atoms with Crippen molar-refractivity contribution in [1.29, 1.82) is 0 Å². The van der Waals surface area contributed by atoms with Crippen molar-refractivity contribution in [1.82, 2.24) is 0 Å². The van der Waals surface area contributed by atoms with Crippen LogP contribution in [-0.4, -0.2) is 44.6 Å². The first-order valence-corrected chi connectivity index (χ1v) is 12.4. The van der Waals surface area contributed by atoms with Crippen LogP contribution in [0.2, 0.25) is 0 Å². The number of carbonyl (C=O) groups is 2. The van der Waals surface area contributed by atoms with E-state index in [0.717, 1.165) is 25.7 Å². The van der Waals surface area contributed by atoms with Gasteiger partial charge in [-0.2, -0.15) is 0 Å². The van der Waals surface area contributed by atoms with Crippen molar-refractivity contribution < 1.29 is 34.8 Å². The van der Waals surface area contributed by atoms with Gasteiger partial charge in [0.1, 0.15) is 18.0 Å². The molecule has 0 spiro atoms. The van der Waals surface area contributed by atoms with Crippen molar-refractivity contribution in [3.05, 3.63) is 23.2 Å². The summed E-state index contributed by atoms with van der Waals surface area (Å²) in [4.78, 5) is 23.8. The van der Waals surface area contributed by atoms with Crippen LogP contribution in [-0.2, 0) is 14.3 Å². The van der Waals surface area contributed by atoms with Crippen LogP contribution in [0.25, 0.3) is 0 Å². The van der Waals surface area contributed by atoms with Gasteiger partial charge in [-0.05, 0) is 36.7 Å². The minimum atomic E-state index is -1.14. The number of esters is 1. The molecule has 5 unspecified atom stereocenters. The van der Waals surface area contributed by atoms with Crippen LogP contribution in [0, 0.1) is 35.5 Å². The standard InChI is InChI=1S/C26H42O7/c1-14(2)23(15(3)4)26(32)33-21-13-20(28)25(31)18-12-19(27)16(5)17(24(18)21)10-8-6-7-9-11-22(29)30/h12,14-17,20-21,23-24,27-28,31H,6-11,13H2,1-5H3,(H,29,30). The summed E-state index contributed by atoms with van der Waals surface area (Å²) < 4.78 is 6.03. The first-order chi connectivity index (χ1) is 15.5. The fourth-order valence-electron chi connectivity index (χ4n) is 5.64. The minimum Gasteiger partial charge on any atom is -0.512 e. The fraction of sp³-hybridized carbons (Fsp3) is 0.769. The summed E-state index contributed by atoms with van der Waals surface area (Å²) in [5.74, 6) is -1.63. The first kappa shape index (κ1) is 27.2. The summed E-state index contributed by atoms with van der Waals surface area (Å²) in [6.45, 7) is 9.92. The molecule has 0 heterocycles. The number of carboxylic acids is 1. The van der Waals surface area contributed by atoms with Gasteiger partial charge < -0.3 is 25.2 Å². The van der Waals surface area contributed by atoms with Crippen LogP contribution in [0.5, 0.6) is 0 Å². The van der Waals surface area contributed by atoms with Crippen LogP contribution in [0.3, 0.4) is 0 Å². The number of allylic oxidation sites excluding steroid dienone is 2. The van der Waals surface area contributed by atoms with E-state index in [1.165, 1.54) is 6.08 Å². The zero-order valence-corrected chi connectivity index (χ0v) is 20.7. The Morgan fingerprint density at radius 1 is 1.06 bits per heavy atom. The third-order valence-corrected chi connectivity index (χ3v) is 7.35. The Morgan fingerprint density at radius 2 is 1.67 bits per heavy atom. The summed E-state index contributed by atoms with van der Waals surface area (Å²) in [5, 5.41) is 40.4. The Bertz CT molecular complexity index is 744. The predicted molar refractivity (Wildman–Crippen MR) is 126 cm³/mol. The second-order valence-electron chi connectivity index (χ2n) is 10.5. The van der Waals surface area contributed by atoms with Gasteiger partial charge in [0.2, 0.25) is 0 Å². The molecular weight excluding hydrogens is 424 g/mol. The molecule has 2 aliphatic rings. The third kappa shape index (κ3) is 6.75. The topological polar surface area (TPSA) is 124 Å². The maximum atomic E-state index is 13.1. The summed E-state index contributed by atoms with van der Waals surface area (Å²) in [7, 11) is 0. The van der Waals surface area contributed by atoms with Gasteiger partial charge in [-0.25, -0.2) is 0 Å². The quantitative estimate of drug-likeness (QED) is 0.245. The van der Waals surface area contributed by atoms with Gasteiger partial charge in [-0.15, -0.1) is 0 Å². The molecule has 7 heteroatoms. The molecule has 0 amide bonds. The maximum Gasteiger partial charge on any atom is 0.309 e. The minimum absolute atomic E-state index is 0.0616. The number of unbranched alkanes of at least 4 members (excludes halogenated alkanes) is 3. The van der Waals surface area contributed by atoms with E-state index in [2.05, 4.69) is 0 Å². The molecule has 0 aromatic carbocycles. The van der Waals surface area contributed by atoms with Crippen LogP contribution >= 0.6 is 0 Å². The Morgan fingerprint density at radius 3 is 2.24 bits per heavy atom. The van der Waals surface area contributed by atoms with E-state index in [9.17, 15) is 24.9 Å². The smallest absolute Gasteiger partial charge is 0.309 e. The van der Waals surface area contributed by atoms with E-state index < -0.39 is 18.2 Å². The Labute approximate surface area is 197 Å². The Balaban J connectivity index is 2.22. The van der Waals surface area contributed by atoms with Crippen molar-refractivity contribution in [2.75, 3.05) is 0 Å². The molecule has 5 atom stereocenters. The molecule has 4 N–H and O–H groups in total. The van der Waals surface area contributed by atoms with Crippen LogP contribution in [0.15, 0.2) is 23.2 Å². The average molecular weight is 467 g/mol. The van der Waals surface area contributed by atoms with Crippen LogP contribution in [0.1, 0.15) is 79.6 Å². The van der Waals surface area contributed by atoms with Crippen LogP contribution in [0.4, 0.5) is 0 Å². The van der Waals surface area contributed by atoms with E-state index in [4.69, 9.17) is 9.84 Å².